The highest BCUT2D eigenvalue weighted by molar-refractivity contribution is 6.32. The van der Waals surface area contributed by atoms with E-state index in [0.29, 0.717) is 0 Å². The maximum Gasteiger partial charge on any atom is 0.131 e. The monoisotopic (exact) mass is 402 g/mol. The fourth-order valence-electron chi connectivity index (χ4n) is 2.80. The van der Waals surface area contributed by atoms with Crippen LogP contribution in [0.4, 0.5) is 0 Å². The Labute approximate surface area is 186 Å². The maximum absolute atomic E-state index is 8.84. The lowest BCUT2D eigenvalue weighted by molar-refractivity contribution is 1.18. The molecule has 0 aliphatic carbocycles. The summed E-state index contributed by atoms with van der Waals surface area (Å²) in [7, 11) is 0. The zero-order valence-electron chi connectivity index (χ0n) is 27.2. The molecule has 2 nitrogen and oxygen atoms in total. The fourth-order valence-corrected chi connectivity index (χ4v) is 3.20. The van der Waals surface area contributed by atoms with E-state index < -0.39 is 123 Å². The van der Waals surface area contributed by atoms with Crippen molar-refractivity contribution in [1.82, 2.24) is 9.55 Å². The maximum atomic E-state index is 8.84. The molecule has 2 aromatic heterocycles. The van der Waals surface area contributed by atoms with Crippen molar-refractivity contribution < 1.29 is 19.2 Å². The molecule has 5 rings (SSSR count). The molecule has 0 radical (unpaired) electrons. The molecule has 27 heavy (non-hydrogen) atoms. The lowest BCUT2D eigenvalue weighted by Crippen LogP contribution is -1.97. The summed E-state index contributed by atoms with van der Waals surface area (Å²) < 4.78 is 120. The number of hydrogen-bond acceptors (Lipinski definition) is 1. The first-order valence-electron chi connectivity index (χ1n) is 14.5. The van der Waals surface area contributed by atoms with Crippen LogP contribution in [0.25, 0.3) is 38.6 Å². The van der Waals surface area contributed by atoms with E-state index in [9.17, 15) is 0 Å². The summed E-state index contributed by atoms with van der Waals surface area (Å²) >= 11 is 12.1. The second-order valence-electron chi connectivity index (χ2n) is 5.32. The van der Waals surface area contributed by atoms with E-state index in [1.165, 1.54) is 0 Å². The van der Waals surface area contributed by atoms with Crippen molar-refractivity contribution in [1.29, 1.82) is 0 Å². The molecular formula is C23H14Cl2N2. The molecule has 0 aliphatic heterocycles. The normalized spacial score (nSPS) is 18.6. The van der Waals surface area contributed by atoms with E-state index in [-0.39, 0.29) is 10.8 Å². The predicted molar refractivity (Wildman–Crippen MR) is 114 cm³/mol. The Morgan fingerprint density at radius 3 is 1.85 bits per heavy atom. The minimum Gasteiger partial charge on any atom is -0.309 e. The van der Waals surface area contributed by atoms with Gasteiger partial charge in [-0.1, -0.05) is 77.6 Å². The number of halogens is 2. The van der Waals surface area contributed by atoms with E-state index in [1.54, 1.807) is 0 Å². The third-order valence-electron chi connectivity index (χ3n) is 3.83. The van der Waals surface area contributed by atoms with Crippen LogP contribution in [0.3, 0.4) is 0 Å². The number of fused-ring (bicyclic) bond motifs is 3. The zero-order valence-corrected chi connectivity index (χ0v) is 14.7. The summed E-state index contributed by atoms with van der Waals surface area (Å²) in [4.78, 5) is 3.69. The van der Waals surface area contributed by atoms with Gasteiger partial charge in [0, 0.05) is 16.3 Å². The van der Waals surface area contributed by atoms with Crippen molar-refractivity contribution in [3.8, 4) is 16.8 Å². The fraction of sp³-hybridized carbons (Fsp3) is 0. The highest BCUT2D eigenvalue weighted by atomic mass is 35.5. The molecule has 0 atom stereocenters. The van der Waals surface area contributed by atoms with Crippen LogP contribution >= 0.6 is 23.2 Å². The molecule has 0 unspecified atom stereocenters. The molecule has 0 saturated heterocycles. The number of benzene rings is 3. The van der Waals surface area contributed by atoms with Crippen LogP contribution in [0.5, 0.6) is 0 Å². The standard InChI is InChI=1S/C23H14Cl2N2/c24-22-13-15(14-23(25)26-22)16-7-1-4-10-19(16)27-20-11-5-2-8-17(20)18-9-3-6-12-21(18)27/h1-14H/i1D,2D,3D,4D,5D,6D,7D,8D,9D,10D,11D,12D,13D,14D. The molecule has 0 bridgehead atoms. The third-order valence-corrected chi connectivity index (χ3v) is 4.18. The first kappa shape index (κ1) is 7.31. The number of nitrogens with zero attached hydrogens (tertiary/aromatic N) is 2. The summed E-state index contributed by atoms with van der Waals surface area (Å²) in [5.41, 5.74) is -2.36. The van der Waals surface area contributed by atoms with Gasteiger partial charge in [0.15, 0.2) is 0 Å². The van der Waals surface area contributed by atoms with Crippen molar-refractivity contribution in [3.05, 3.63) is 94.9 Å². The Hall–Kier alpha value is -2.81. The van der Waals surface area contributed by atoms with Gasteiger partial charge in [-0.3, -0.25) is 0 Å². The second-order valence-corrected chi connectivity index (χ2v) is 6.04. The number of hydrogen-bond donors (Lipinski definition) is 0. The van der Waals surface area contributed by atoms with Gasteiger partial charge in [-0.25, -0.2) is 4.98 Å². The van der Waals surface area contributed by atoms with Gasteiger partial charge in [-0.15, -0.1) is 0 Å². The number of pyridine rings is 1. The molecule has 0 fully saturated rings. The Balaban J connectivity index is 2.24. The van der Waals surface area contributed by atoms with Gasteiger partial charge < -0.3 is 4.57 Å². The second kappa shape index (κ2) is 6.41. The molecule has 130 valence electrons. The average molecular weight is 403 g/mol. The van der Waals surface area contributed by atoms with Crippen molar-refractivity contribution in [3.63, 3.8) is 0 Å². The van der Waals surface area contributed by atoms with Gasteiger partial charge in [0.05, 0.1) is 35.9 Å². The quantitative estimate of drug-likeness (QED) is 0.286. The summed E-state index contributed by atoms with van der Waals surface area (Å²) in [5.74, 6) is 0. The largest absolute Gasteiger partial charge is 0.309 e. The Morgan fingerprint density at radius 1 is 0.704 bits per heavy atom. The van der Waals surface area contributed by atoms with Gasteiger partial charge in [-0.05, 0) is 35.8 Å². The molecule has 0 N–H and O–H groups in total. The molecule has 0 spiro atoms. The molecule has 2 heterocycles. The minimum absolute atomic E-state index is 0.320. The molecule has 3 aromatic carbocycles. The lowest BCUT2D eigenvalue weighted by Gasteiger charge is -2.14. The van der Waals surface area contributed by atoms with Crippen LogP contribution in [-0.2, 0) is 0 Å². The van der Waals surface area contributed by atoms with Crippen LogP contribution in [0.1, 0.15) is 19.2 Å². The third kappa shape index (κ3) is 2.69. The Kier molecular flexibility index (Phi) is 1.74. The van der Waals surface area contributed by atoms with Gasteiger partial charge in [0.25, 0.3) is 0 Å². The van der Waals surface area contributed by atoms with Gasteiger partial charge in [0.2, 0.25) is 0 Å². The molecular weight excluding hydrogens is 375 g/mol. The van der Waals surface area contributed by atoms with E-state index in [1.807, 2.05) is 0 Å². The van der Waals surface area contributed by atoms with E-state index in [0.717, 1.165) is 4.57 Å². The van der Waals surface area contributed by atoms with E-state index in [2.05, 4.69) is 4.98 Å². The SMILES string of the molecule is [2H]c1c([2H])c([2H])c(-n2c3c([2H])c([2H])c([2H])c([2H])c3c3c([2H])c([2H])c([2H])c([2H])c32)c(-c2c([2H])c(Cl)nc(Cl)c2[2H])c1[2H]. The molecule has 5 aromatic rings. The zero-order chi connectivity index (χ0) is 30.6. The predicted octanol–water partition coefficient (Wildman–Crippen LogP) is 7.15. The number of rotatable bonds is 2. The van der Waals surface area contributed by atoms with Crippen molar-refractivity contribution >= 4 is 45.0 Å². The first-order chi connectivity index (χ1) is 19.1. The van der Waals surface area contributed by atoms with E-state index in [4.69, 9.17) is 42.4 Å². The van der Waals surface area contributed by atoms with Gasteiger partial charge in [-0.2, -0.15) is 0 Å². The average Bonchev–Trinajstić information content (AvgIpc) is 3.29. The van der Waals surface area contributed by atoms with E-state index >= 15 is 0 Å². The van der Waals surface area contributed by atoms with Crippen LogP contribution in [-0.4, -0.2) is 9.55 Å². The first-order valence-corrected chi connectivity index (χ1v) is 8.25. The molecule has 0 amide bonds. The lowest BCUT2D eigenvalue weighted by atomic mass is 10.0. The minimum atomic E-state index is -0.797. The van der Waals surface area contributed by atoms with Crippen LogP contribution in [0.2, 0.25) is 10.3 Å². The highest BCUT2D eigenvalue weighted by Crippen LogP contribution is 2.36. The molecule has 0 saturated carbocycles. The van der Waals surface area contributed by atoms with Gasteiger partial charge in [0.1, 0.15) is 10.3 Å². The smallest absolute Gasteiger partial charge is 0.131 e. The highest BCUT2D eigenvalue weighted by Gasteiger charge is 2.15. The van der Waals surface area contributed by atoms with Crippen LogP contribution in [0, 0.1) is 0 Å². The van der Waals surface area contributed by atoms with Crippen molar-refractivity contribution in [2.75, 3.05) is 0 Å². The van der Waals surface area contributed by atoms with Crippen molar-refractivity contribution in [2.45, 2.75) is 0 Å². The number of para-hydroxylation sites is 3. The topological polar surface area (TPSA) is 17.8 Å². The van der Waals surface area contributed by atoms with Crippen LogP contribution in [0.15, 0.2) is 84.6 Å². The summed E-state index contributed by atoms with van der Waals surface area (Å²) in [6, 6.07) is -9.93. The summed E-state index contributed by atoms with van der Waals surface area (Å²) in [6.07, 6.45) is 0. The molecule has 0 aliphatic rings. The summed E-state index contributed by atoms with van der Waals surface area (Å²) in [6.45, 7) is 0. The van der Waals surface area contributed by atoms with Crippen LogP contribution < -0.4 is 0 Å². The van der Waals surface area contributed by atoms with Crippen molar-refractivity contribution in [2.24, 2.45) is 0 Å². The molecule has 4 heteroatoms. The Bertz CT molecular complexity index is 1920. The van der Waals surface area contributed by atoms with Gasteiger partial charge >= 0.3 is 0 Å². The number of aromatic nitrogens is 2. The summed E-state index contributed by atoms with van der Waals surface area (Å²) in [5, 5.41) is -1.63. The Morgan fingerprint density at radius 2 is 1.22 bits per heavy atom.